The van der Waals surface area contributed by atoms with E-state index in [0.717, 1.165) is 17.8 Å². The number of aromatic nitrogens is 1. The quantitative estimate of drug-likeness (QED) is 0.554. The van der Waals surface area contributed by atoms with E-state index < -0.39 is 5.76 Å². The van der Waals surface area contributed by atoms with Crippen LogP contribution in [0.3, 0.4) is 0 Å². The molecule has 28 heavy (non-hydrogen) atoms. The monoisotopic (exact) mass is 373 g/mol. The fourth-order valence-corrected chi connectivity index (χ4v) is 3.09. The lowest BCUT2D eigenvalue weighted by molar-refractivity contribution is 0.102. The summed E-state index contributed by atoms with van der Waals surface area (Å²) in [6.07, 6.45) is 0. The lowest BCUT2D eigenvalue weighted by Crippen LogP contribution is -2.16. The van der Waals surface area contributed by atoms with Gasteiger partial charge < -0.3 is 14.6 Å². The smallest absolute Gasteiger partial charge is 0.408 e. The number of para-hydroxylation sites is 1. The molecular formula is C22H19N3O3. The first-order chi connectivity index (χ1) is 13.6. The van der Waals surface area contributed by atoms with Gasteiger partial charge in [-0.25, -0.2) is 4.79 Å². The number of fused-ring (bicyclic) bond motifs is 1. The Morgan fingerprint density at radius 3 is 2.68 bits per heavy atom. The van der Waals surface area contributed by atoms with Crippen LogP contribution in [0.4, 0.5) is 11.4 Å². The van der Waals surface area contributed by atoms with Crippen LogP contribution in [0.25, 0.3) is 11.1 Å². The van der Waals surface area contributed by atoms with Crippen molar-refractivity contribution in [3.63, 3.8) is 0 Å². The van der Waals surface area contributed by atoms with Gasteiger partial charge in [-0.15, -0.1) is 0 Å². The molecule has 6 nitrogen and oxygen atoms in total. The SMILES string of the molecule is CN(Cc1cccc(NC(=O)c2ccc3oc(=O)[nH]c3c2)c1)c1ccccc1. The molecule has 0 fully saturated rings. The molecule has 0 aliphatic carbocycles. The Balaban J connectivity index is 1.49. The Hall–Kier alpha value is -3.80. The van der Waals surface area contributed by atoms with Crippen LogP contribution >= 0.6 is 0 Å². The van der Waals surface area contributed by atoms with Gasteiger partial charge in [-0.05, 0) is 48.0 Å². The maximum atomic E-state index is 12.6. The van der Waals surface area contributed by atoms with E-state index in [-0.39, 0.29) is 5.91 Å². The summed E-state index contributed by atoms with van der Waals surface area (Å²) in [4.78, 5) is 28.5. The highest BCUT2D eigenvalue weighted by Gasteiger charge is 2.10. The van der Waals surface area contributed by atoms with Gasteiger partial charge in [0.25, 0.3) is 5.91 Å². The van der Waals surface area contributed by atoms with Crippen molar-refractivity contribution < 1.29 is 9.21 Å². The number of carbonyl (C=O) groups excluding carboxylic acids is 1. The fourth-order valence-electron chi connectivity index (χ4n) is 3.09. The van der Waals surface area contributed by atoms with Gasteiger partial charge in [0.05, 0.1) is 5.52 Å². The minimum Gasteiger partial charge on any atom is -0.408 e. The van der Waals surface area contributed by atoms with Crippen molar-refractivity contribution in [2.24, 2.45) is 0 Å². The number of benzene rings is 3. The maximum Gasteiger partial charge on any atom is 0.417 e. The zero-order chi connectivity index (χ0) is 19.5. The number of nitrogens with zero attached hydrogens (tertiary/aromatic N) is 1. The Labute approximate surface area is 161 Å². The molecule has 6 heteroatoms. The lowest BCUT2D eigenvalue weighted by atomic mass is 10.1. The number of hydrogen-bond donors (Lipinski definition) is 2. The maximum absolute atomic E-state index is 12.6. The summed E-state index contributed by atoms with van der Waals surface area (Å²) in [5.74, 6) is -0.791. The van der Waals surface area contributed by atoms with Crippen molar-refractivity contribution in [3.8, 4) is 0 Å². The first kappa shape index (κ1) is 17.6. The second kappa shape index (κ2) is 7.44. The third-order valence-corrected chi connectivity index (χ3v) is 4.48. The molecule has 4 rings (SSSR count). The molecule has 1 aromatic heterocycles. The largest absolute Gasteiger partial charge is 0.417 e. The number of nitrogens with one attached hydrogen (secondary N) is 2. The van der Waals surface area contributed by atoms with Crippen molar-refractivity contribution in [1.82, 2.24) is 4.98 Å². The molecule has 0 bridgehead atoms. The van der Waals surface area contributed by atoms with Crippen LogP contribution in [0, 0.1) is 0 Å². The number of hydrogen-bond acceptors (Lipinski definition) is 4. The number of H-pyrrole nitrogens is 1. The minimum absolute atomic E-state index is 0.252. The predicted molar refractivity (Wildman–Crippen MR) is 110 cm³/mol. The van der Waals surface area contributed by atoms with Crippen molar-refractivity contribution >= 4 is 28.4 Å². The van der Waals surface area contributed by atoms with Gasteiger partial charge in [-0.2, -0.15) is 0 Å². The first-order valence-electron chi connectivity index (χ1n) is 8.88. The van der Waals surface area contributed by atoms with Crippen LogP contribution in [0.15, 0.2) is 82.0 Å². The number of oxazole rings is 1. The Morgan fingerprint density at radius 2 is 1.86 bits per heavy atom. The Kier molecular flexibility index (Phi) is 4.68. The number of aromatic amines is 1. The molecule has 0 aliphatic heterocycles. The molecular weight excluding hydrogens is 354 g/mol. The van der Waals surface area contributed by atoms with Crippen LogP contribution in [-0.4, -0.2) is 17.9 Å². The molecule has 0 saturated heterocycles. The molecule has 2 N–H and O–H groups in total. The Bertz CT molecular complexity index is 1180. The van der Waals surface area contributed by atoms with E-state index in [9.17, 15) is 9.59 Å². The zero-order valence-electron chi connectivity index (χ0n) is 15.3. The van der Waals surface area contributed by atoms with Crippen LogP contribution in [0.2, 0.25) is 0 Å². The molecule has 0 spiro atoms. The highest BCUT2D eigenvalue weighted by Crippen LogP contribution is 2.18. The third-order valence-electron chi connectivity index (χ3n) is 4.48. The van der Waals surface area contributed by atoms with Gasteiger partial charge in [0.1, 0.15) is 0 Å². The van der Waals surface area contributed by atoms with E-state index >= 15 is 0 Å². The van der Waals surface area contributed by atoms with Crippen molar-refractivity contribution in [3.05, 3.63) is 94.5 Å². The summed E-state index contributed by atoms with van der Waals surface area (Å²) in [6.45, 7) is 0.718. The van der Waals surface area contributed by atoms with Gasteiger partial charge in [0.15, 0.2) is 5.58 Å². The van der Waals surface area contributed by atoms with E-state index in [0.29, 0.717) is 22.4 Å². The van der Waals surface area contributed by atoms with Gasteiger partial charge in [-0.3, -0.25) is 9.78 Å². The van der Waals surface area contributed by atoms with E-state index in [1.54, 1.807) is 18.2 Å². The van der Waals surface area contributed by atoms with Gasteiger partial charge in [-0.1, -0.05) is 30.3 Å². The summed E-state index contributed by atoms with van der Waals surface area (Å²) in [5, 5.41) is 2.90. The third kappa shape index (κ3) is 3.81. The summed E-state index contributed by atoms with van der Waals surface area (Å²) in [6, 6.07) is 22.7. The summed E-state index contributed by atoms with van der Waals surface area (Å²) >= 11 is 0. The van der Waals surface area contributed by atoms with E-state index in [1.807, 2.05) is 49.5 Å². The highest BCUT2D eigenvalue weighted by atomic mass is 16.4. The molecule has 3 aromatic carbocycles. The molecule has 0 unspecified atom stereocenters. The second-order valence-electron chi connectivity index (χ2n) is 6.57. The molecule has 1 heterocycles. The van der Waals surface area contributed by atoms with E-state index in [2.05, 4.69) is 27.3 Å². The van der Waals surface area contributed by atoms with E-state index in [1.165, 1.54) is 0 Å². The van der Waals surface area contributed by atoms with Crippen LogP contribution in [0.1, 0.15) is 15.9 Å². The van der Waals surface area contributed by atoms with Crippen molar-refractivity contribution in [1.29, 1.82) is 0 Å². The predicted octanol–water partition coefficient (Wildman–Crippen LogP) is 4.01. The van der Waals surface area contributed by atoms with Crippen molar-refractivity contribution in [2.45, 2.75) is 6.54 Å². The molecule has 4 aromatic rings. The molecule has 0 aliphatic rings. The van der Waals surface area contributed by atoms with E-state index in [4.69, 9.17) is 4.42 Å². The topological polar surface area (TPSA) is 78.3 Å². The molecule has 1 amide bonds. The number of amides is 1. The van der Waals surface area contributed by atoms with Crippen molar-refractivity contribution in [2.75, 3.05) is 17.3 Å². The lowest BCUT2D eigenvalue weighted by Gasteiger charge is -2.19. The van der Waals surface area contributed by atoms with Crippen LogP contribution in [-0.2, 0) is 6.54 Å². The minimum atomic E-state index is -0.539. The second-order valence-corrected chi connectivity index (χ2v) is 6.57. The average Bonchev–Trinajstić information content (AvgIpc) is 3.08. The summed E-state index contributed by atoms with van der Waals surface area (Å²) in [5.41, 5.74) is 4.28. The Morgan fingerprint density at radius 1 is 1.04 bits per heavy atom. The standard InChI is InChI=1S/C22H19N3O3/c1-25(18-8-3-2-4-9-18)14-15-6-5-7-17(12-15)23-21(26)16-10-11-20-19(13-16)24-22(27)28-20/h2-13H,14H2,1H3,(H,23,26)(H,24,27). The molecule has 0 radical (unpaired) electrons. The normalized spacial score (nSPS) is 10.8. The zero-order valence-corrected chi connectivity index (χ0v) is 15.3. The molecule has 0 atom stereocenters. The number of anilines is 2. The summed E-state index contributed by atoms with van der Waals surface area (Å²) in [7, 11) is 2.03. The number of carbonyl (C=O) groups is 1. The molecule has 0 saturated carbocycles. The van der Waals surface area contributed by atoms with Crippen LogP contribution in [0.5, 0.6) is 0 Å². The average molecular weight is 373 g/mol. The molecule has 140 valence electrons. The fraction of sp³-hybridized carbons (Fsp3) is 0.0909. The van der Waals surface area contributed by atoms with Gasteiger partial charge in [0.2, 0.25) is 0 Å². The van der Waals surface area contributed by atoms with Gasteiger partial charge in [0, 0.05) is 30.5 Å². The first-order valence-corrected chi connectivity index (χ1v) is 8.88. The number of rotatable bonds is 5. The highest BCUT2D eigenvalue weighted by molar-refractivity contribution is 6.05. The van der Waals surface area contributed by atoms with Crippen LogP contribution < -0.4 is 16.0 Å². The van der Waals surface area contributed by atoms with Gasteiger partial charge >= 0.3 is 5.76 Å². The summed E-state index contributed by atoms with van der Waals surface area (Å²) < 4.78 is 4.96.